The average molecular weight is 343 g/mol. The highest BCUT2D eigenvalue weighted by molar-refractivity contribution is 9.10. The topological polar surface area (TPSA) is 35.0 Å². The van der Waals surface area contributed by atoms with E-state index in [0.717, 1.165) is 18.2 Å². The molecular weight excluding hydrogens is 330 g/mol. The van der Waals surface area contributed by atoms with Crippen LogP contribution >= 0.6 is 15.9 Å². The molecule has 2 aromatic rings. The van der Waals surface area contributed by atoms with Crippen molar-refractivity contribution in [3.05, 3.63) is 46.3 Å². The molecule has 0 unspecified atom stereocenters. The molecule has 20 heavy (non-hydrogen) atoms. The third kappa shape index (κ3) is 3.72. The lowest BCUT2D eigenvalue weighted by Crippen LogP contribution is -2.16. The summed E-state index contributed by atoms with van der Waals surface area (Å²) in [6, 6.07) is 4.51. The number of hydrogen-bond donors (Lipinski definition) is 0. The minimum atomic E-state index is -0.704. The van der Waals surface area contributed by atoms with Crippen molar-refractivity contribution in [2.45, 2.75) is 26.2 Å². The summed E-state index contributed by atoms with van der Waals surface area (Å²) in [4.78, 5) is 8.51. The summed E-state index contributed by atoms with van der Waals surface area (Å²) in [6.07, 6.45) is 0. The highest BCUT2D eigenvalue weighted by Gasteiger charge is 2.19. The van der Waals surface area contributed by atoms with Crippen LogP contribution in [0.2, 0.25) is 0 Å². The maximum atomic E-state index is 13.1. The standard InChI is InChI=1S/C14H13BrF2N2O/c1-14(2,3)13-18-11(15)7-12(19-13)20-10-5-8(16)4-9(17)6-10/h4-7H,1-3H3. The maximum Gasteiger partial charge on any atom is 0.223 e. The molecule has 0 radical (unpaired) electrons. The van der Waals surface area contributed by atoms with E-state index in [9.17, 15) is 8.78 Å². The van der Waals surface area contributed by atoms with E-state index >= 15 is 0 Å². The third-order valence-electron chi connectivity index (χ3n) is 2.40. The van der Waals surface area contributed by atoms with Crippen molar-refractivity contribution in [3.8, 4) is 11.6 Å². The zero-order valence-electron chi connectivity index (χ0n) is 11.2. The normalized spacial score (nSPS) is 11.5. The van der Waals surface area contributed by atoms with E-state index in [4.69, 9.17) is 4.74 Å². The van der Waals surface area contributed by atoms with E-state index in [1.54, 1.807) is 0 Å². The van der Waals surface area contributed by atoms with Gasteiger partial charge < -0.3 is 4.74 Å². The molecule has 0 aliphatic heterocycles. The molecule has 0 saturated carbocycles. The minimum absolute atomic E-state index is 0.0490. The Hall–Kier alpha value is -1.56. The first kappa shape index (κ1) is 14.8. The van der Waals surface area contributed by atoms with Gasteiger partial charge in [-0.1, -0.05) is 20.8 Å². The Kier molecular flexibility index (Phi) is 4.04. The molecule has 106 valence electrons. The molecule has 1 aromatic carbocycles. The van der Waals surface area contributed by atoms with Crippen LogP contribution in [0.1, 0.15) is 26.6 Å². The second kappa shape index (κ2) is 5.44. The molecule has 0 aliphatic carbocycles. The van der Waals surface area contributed by atoms with Crippen molar-refractivity contribution in [1.29, 1.82) is 0 Å². The van der Waals surface area contributed by atoms with Crippen molar-refractivity contribution in [2.75, 3.05) is 0 Å². The third-order valence-corrected chi connectivity index (χ3v) is 2.81. The van der Waals surface area contributed by atoms with Crippen LogP contribution in [0.25, 0.3) is 0 Å². The van der Waals surface area contributed by atoms with Crippen LogP contribution in [-0.4, -0.2) is 9.97 Å². The molecule has 1 aromatic heterocycles. The first-order valence-electron chi connectivity index (χ1n) is 5.93. The van der Waals surface area contributed by atoms with Gasteiger partial charge in [-0.05, 0) is 15.9 Å². The van der Waals surface area contributed by atoms with Gasteiger partial charge in [-0.25, -0.2) is 13.8 Å². The number of nitrogens with zero attached hydrogens (tertiary/aromatic N) is 2. The minimum Gasteiger partial charge on any atom is -0.439 e. The van der Waals surface area contributed by atoms with Gasteiger partial charge >= 0.3 is 0 Å². The van der Waals surface area contributed by atoms with E-state index in [2.05, 4.69) is 25.9 Å². The lowest BCUT2D eigenvalue weighted by atomic mass is 9.96. The molecule has 6 heteroatoms. The maximum absolute atomic E-state index is 13.1. The molecule has 0 amide bonds. The van der Waals surface area contributed by atoms with Gasteiger partial charge in [-0.2, -0.15) is 4.98 Å². The molecule has 0 fully saturated rings. The quantitative estimate of drug-likeness (QED) is 0.747. The van der Waals surface area contributed by atoms with Crippen molar-refractivity contribution in [2.24, 2.45) is 0 Å². The molecule has 0 N–H and O–H groups in total. The number of rotatable bonds is 2. The smallest absolute Gasteiger partial charge is 0.223 e. The van der Waals surface area contributed by atoms with Gasteiger partial charge in [-0.15, -0.1) is 0 Å². The van der Waals surface area contributed by atoms with Crippen LogP contribution in [0.15, 0.2) is 28.9 Å². The fourth-order valence-electron chi connectivity index (χ4n) is 1.49. The number of halogens is 3. The summed E-state index contributed by atoms with van der Waals surface area (Å²) in [5.74, 6) is -0.568. The average Bonchev–Trinajstić information content (AvgIpc) is 2.25. The Bertz CT molecular complexity index is 621. The molecule has 1 heterocycles. The van der Waals surface area contributed by atoms with Gasteiger partial charge in [0.25, 0.3) is 0 Å². The molecule has 0 aliphatic rings. The van der Waals surface area contributed by atoms with Gasteiger partial charge in [0.05, 0.1) is 0 Å². The van der Waals surface area contributed by atoms with Crippen LogP contribution in [-0.2, 0) is 5.41 Å². The lowest BCUT2D eigenvalue weighted by Gasteiger charge is -2.17. The summed E-state index contributed by atoms with van der Waals surface area (Å²) < 4.78 is 32.2. The summed E-state index contributed by atoms with van der Waals surface area (Å²) in [7, 11) is 0. The largest absolute Gasteiger partial charge is 0.439 e. The van der Waals surface area contributed by atoms with E-state index in [0.29, 0.717) is 10.4 Å². The molecule has 0 bridgehead atoms. The van der Waals surface area contributed by atoms with Gasteiger partial charge in [0.15, 0.2) is 0 Å². The zero-order valence-corrected chi connectivity index (χ0v) is 12.8. The molecule has 0 atom stereocenters. The summed E-state index contributed by atoms with van der Waals surface area (Å²) in [5.41, 5.74) is -0.269. The van der Waals surface area contributed by atoms with E-state index in [1.807, 2.05) is 20.8 Å². The number of hydrogen-bond acceptors (Lipinski definition) is 3. The van der Waals surface area contributed by atoms with Gasteiger partial charge in [-0.3, -0.25) is 0 Å². The Morgan fingerprint density at radius 3 is 2.15 bits per heavy atom. The van der Waals surface area contributed by atoms with E-state index in [1.165, 1.54) is 6.07 Å². The van der Waals surface area contributed by atoms with Crippen LogP contribution in [0.3, 0.4) is 0 Å². The first-order valence-corrected chi connectivity index (χ1v) is 6.72. The molecular formula is C14H13BrF2N2O. The Labute approximate surface area is 124 Å². The predicted molar refractivity (Wildman–Crippen MR) is 74.9 cm³/mol. The van der Waals surface area contributed by atoms with Gasteiger partial charge in [0.1, 0.15) is 27.8 Å². The highest BCUT2D eigenvalue weighted by Crippen LogP contribution is 2.27. The SMILES string of the molecule is CC(C)(C)c1nc(Br)cc(Oc2cc(F)cc(F)c2)n1. The van der Waals surface area contributed by atoms with Crippen LogP contribution in [0, 0.1) is 11.6 Å². The second-order valence-corrected chi connectivity index (χ2v) is 6.12. The number of benzene rings is 1. The summed E-state index contributed by atoms with van der Waals surface area (Å²) >= 11 is 3.27. The molecule has 2 rings (SSSR count). The van der Waals surface area contributed by atoms with Crippen LogP contribution < -0.4 is 4.74 Å². The van der Waals surface area contributed by atoms with E-state index < -0.39 is 11.6 Å². The highest BCUT2D eigenvalue weighted by atomic mass is 79.9. The fourth-order valence-corrected chi connectivity index (χ4v) is 1.86. The summed E-state index contributed by atoms with van der Waals surface area (Å²) in [6.45, 7) is 5.88. The van der Waals surface area contributed by atoms with Gasteiger partial charge in [0.2, 0.25) is 5.88 Å². The van der Waals surface area contributed by atoms with Crippen molar-refractivity contribution in [3.63, 3.8) is 0 Å². The Morgan fingerprint density at radius 1 is 1.00 bits per heavy atom. The number of aromatic nitrogens is 2. The Balaban J connectivity index is 2.36. The van der Waals surface area contributed by atoms with E-state index in [-0.39, 0.29) is 17.0 Å². The summed E-state index contributed by atoms with van der Waals surface area (Å²) in [5, 5.41) is 0. The molecule has 0 saturated heterocycles. The van der Waals surface area contributed by atoms with Crippen LogP contribution in [0.4, 0.5) is 8.78 Å². The monoisotopic (exact) mass is 342 g/mol. The fraction of sp³-hybridized carbons (Fsp3) is 0.286. The van der Waals surface area contributed by atoms with Crippen molar-refractivity contribution >= 4 is 15.9 Å². The second-order valence-electron chi connectivity index (χ2n) is 5.31. The zero-order chi connectivity index (χ0) is 14.9. The lowest BCUT2D eigenvalue weighted by molar-refractivity contribution is 0.436. The van der Waals surface area contributed by atoms with Gasteiger partial charge in [0, 0.05) is 29.7 Å². The van der Waals surface area contributed by atoms with Crippen molar-refractivity contribution in [1.82, 2.24) is 9.97 Å². The van der Waals surface area contributed by atoms with Crippen LogP contribution in [0.5, 0.6) is 11.6 Å². The first-order chi connectivity index (χ1) is 9.24. The molecule has 0 spiro atoms. The number of ether oxygens (including phenoxy) is 1. The van der Waals surface area contributed by atoms with Crippen molar-refractivity contribution < 1.29 is 13.5 Å². The Morgan fingerprint density at radius 2 is 1.60 bits per heavy atom. The molecule has 3 nitrogen and oxygen atoms in total. The predicted octanol–water partition coefficient (Wildman–Crippen LogP) is 4.61.